The number of hydrogen-bond acceptors (Lipinski definition) is 5. The molecule has 0 saturated heterocycles. The fourth-order valence-corrected chi connectivity index (χ4v) is 3.06. The number of carbonyl (C=O) groups is 2. The molecule has 4 N–H and O–H groups in total. The highest BCUT2D eigenvalue weighted by molar-refractivity contribution is 5.92. The second-order valence-electron chi connectivity index (χ2n) is 7.08. The number of nitrogens with zero attached hydrogens (tertiary/aromatic N) is 2. The molecule has 3 aromatic rings. The largest absolute Gasteiger partial charge is 0.479 e. The first kappa shape index (κ1) is 20.2. The number of benzene rings is 2. The summed E-state index contributed by atoms with van der Waals surface area (Å²) in [6.45, 7) is 1.21. The molecule has 1 heterocycles. The Balaban J connectivity index is 1.76. The number of H-pyrrole nitrogens is 1. The van der Waals surface area contributed by atoms with Gasteiger partial charge >= 0.3 is 5.97 Å². The normalized spacial score (nSPS) is 14.0. The number of nitrogens with one attached hydrogen (secondary N) is 2. The molecule has 0 saturated carbocycles. The molecule has 1 aromatic heterocycles. The summed E-state index contributed by atoms with van der Waals surface area (Å²) >= 11 is 0. The van der Waals surface area contributed by atoms with E-state index in [1.54, 1.807) is 0 Å². The number of carboxylic acids is 1. The minimum atomic E-state index is -1.98. The van der Waals surface area contributed by atoms with E-state index in [0.717, 1.165) is 16.7 Å². The lowest BCUT2D eigenvalue weighted by Gasteiger charge is -2.26. The van der Waals surface area contributed by atoms with Gasteiger partial charge in [-0.05, 0) is 30.0 Å². The third-order valence-electron chi connectivity index (χ3n) is 4.63. The van der Waals surface area contributed by atoms with E-state index in [4.69, 9.17) is 0 Å². The Labute approximate surface area is 167 Å². The van der Waals surface area contributed by atoms with E-state index in [1.807, 2.05) is 54.6 Å². The number of aromatic amines is 1. The van der Waals surface area contributed by atoms with Crippen LogP contribution in [-0.4, -0.2) is 49.1 Å². The number of carbonyl (C=O) groups excluding carboxylic acids is 1. The third kappa shape index (κ3) is 5.26. The van der Waals surface area contributed by atoms with E-state index in [2.05, 4.69) is 20.7 Å². The van der Waals surface area contributed by atoms with E-state index in [-0.39, 0.29) is 12.1 Å². The van der Waals surface area contributed by atoms with E-state index >= 15 is 0 Å². The van der Waals surface area contributed by atoms with Crippen LogP contribution >= 0.6 is 0 Å². The Morgan fingerprint density at radius 2 is 1.76 bits per heavy atom. The van der Waals surface area contributed by atoms with Crippen molar-refractivity contribution in [1.29, 1.82) is 0 Å². The van der Waals surface area contributed by atoms with Crippen molar-refractivity contribution in [3.63, 3.8) is 0 Å². The van der Waals surface area contributed by atoms with Crippen molar-refractivity contribution in [2.75, 3.05) is 0 Å². The monoisotopic (exact) mass is 394 g/mol. The first-order valence-electron chi connectivity index (χ1n) is 9.12. The predicted octanol–water partition coefficient (Wildman–Crippen LogP) is 2.04. The zero-order valence-corrected chi connectivity index (χ0v) is 15.9. The van der Waals surface area contributed by atoms with Crippen molar-refractivity contribution in [2.45, 2.75) is 31.4 Å². The molecule has 150 valence electrons. The summed E-state index contributed by atoms with van der Waals surface area (Å²) in [5.41, 5.74) is 1.14. The second kappa shape index (κ2) is 8.66. The van der Waals surface area contributed by atoms with Gasteiger partial charge in [0.2, 0.25) is 0 Å². The Hall–Kier alpha value is -3.52. The van der Waals surface area contributed by atoms with E-state index in [0.29, 0.717) is 6.42 Å². The van der Waals surface area contributed by atoms with Gasteiger partial charge in [0, 0.05) is 12.5 Å². The van der Waals surface area contributed by atoms with E-state index in [9.17, 15) is 19.8 Å². The molecule has 8 nitrogen and oxygen atoms in total. The van der Waals surface area contributed by atoms with Gasteiger partial charge in [0.05, 0.1) is 6.20 Å². The van der Waals surface area contributed by atoms with Gasteiger partial charge < -0.3 is 15.5 Å². The van der Waals surface area contributed by atoms with Crippen LogP contribution in [0.15, 0.2) is 60.8 Å². The van der Waals surface area contributed by atoms with Crippen molar-refractivity contribution in [1.82, 2.24) is 20.7 Å². The van der Waals surface area contributed by atoms with Crippen LogP contribution in [0.5, 0.6) is 0 Å². The molecular formula is C21H22N4O4. The van der Waals surface area contributed by atoms with Crippen LogP contribution in [0.4, 0.5) is 0 Å². The van der Waals surface area contributed by atoms with Crippen LogP contribution in [-0.2, 0) is 11.2 Å². The molecule has 0 bridgehead atoms. The van der Waals surface area contributed by atoms with Crippen molar-refractivity contribution < 1.29 is 19.8 Å². The number of rotatable bonds is 8. The molecule has 2 aromatic carbocycles. The minimum Gasteiger partial charge on any atom is -0.479 e. The molecule has 0 aliphatic heterocycles. The van der Waals surface area contributed by atoms with Gasteiger partial charge in [-0.3, -0.25) is 4.79 Å². The molecule has 0 aliphatic carbocycles. The van der Waals surface area contributed by atoms with Crippen LogP contribution in [0.3, 0.4) is 0 Å². The maximum Gasteiger partial charge on any atom is 0.335 e. The summed E-state index contributed by atoms with van der Waals surface area (Å²) in [6, 6.07) is 17.1. The molecular weight excluding hydrogens is 372 g/mol. The van der Waals surface area contributed by atoms with Gasteiger partial charge in [0.1, 0.15) is 0 Å². The van der Waals surface area contributed by atoms with Gasteiger partial charge in [-0.1, -0.05) is 54.6 Å². The second-order valence-corrected chi connectivity index (χ2v) is 7.08. The highest BCUT2D eigenvalue weighted by Crippen LogP contribution is 2.21. The molecule has 0 spiro atoms. The Morgan fingerprint density at radius 3 is 2.34 bits per heavy atom. The number of hydrogen-bond donors (Lipinski definition) is 4. The Morgan fingerprint density at radius 1 is 1.10 bits per heavy atom. The molecule has 0 aliphatic rings. The van der Waals surface area contributed by atoms with Crippen LogP contribution in [0.2, 0.25) is 0 Å². The number of aliphatic hydroxyl groups is 1. The van der Waals surface area contributed by atoms with Crippen LogP contribution in [0, 0.1) is 0 Å². The third-order valence-corrected chi connectivity index (χ3v) is 4.63. The fraction of sp³-hybridized carbons (Fsp3) is 0.238. The molecule has 0 fully saturated rings. The van der Waals surface area contributed by atoms with E-state index < -0.39 is 23.5 Å². The molecule has 29 heavy (non-hydrogen) atoms. The molecule has 1 amide bonds. The van der Waals surface area contributed by atoms with Gasteiger partial charge in [0.15, 0.2) is 11.3 Å². The fourth-order valence-electron chi connectivity index (χ4n) is 3.06. The summed E-state index contributed by atoms with van der Waals surface area (Å²) in [6.07, 6.45) is 1.46. The maximum atomic E-state index is 12.3. The average molecular weight is 394 g/mol. The topological polar surface area (TPSA) is 128 Å². The zero-order valence-electron chi connectivity index (χ0n) is 15.9. The van der Waals surface area contributed by atoms with Crippen molar-refractivity contribution in [2.24, 2.45) is 0 Å². The summed E-state index contributed by atoms with van der Waals surface area (Å²) in [5, 5.41) is 31.9. The first-order chi connectivity index (χ1) is 13.8. The summed E-state index contributed by atoms with van der Waals surface area (Å²) < 4.78 is 0. The van der Waals surface area contributed by atoms with Crippen molar-refractivity contribution in [3.8, 4) is 11.1 Å². The first-order valence-corrected chi connectivity index (χ1v) is 9.12. The molecule has 3 rings (SSSR count). The van der Waals surface area contributed by atoms with Gasteiger partial charge in [0.25, 0.3) is 5.91 Å². The number of carboxylic acid groups (broad SMARTS) is 1. The standard InChI is InChI=1S/C21H22N4O4/c1-21(29,20(27)28)12-17(23-19(26)18-13-22-25-24-18)11-14-7-9-16(10-8-14)15-5-3-2-4-6-15/h2-10,13,17,29H,11-12H2,1H3,(H,23,26)(H,27,28)(H,22,24,25). The van der Waals surface area contributed by atoms with Crippen LogP contribution < -0.4 is 5.32 Å². The summed E-state index contributed by atoms with van der Waals surface area (Å²) in [4.78, 5) is 23.7. The number of amides is 1. The smallest absolute Gasteiger partial charge is 0.335 e. The summed E-state index contributed by atoms with van der Waals surface area (Å²) in [7, 11) is 0. The molecule has 8 heteroatoms. The average Bonchev–Trinajstić information content (AvgIpc) is 3.24. The lowest BCUT2D eigenvalue weighted by atomic mass is 9.92. The van der Waals surface area contributed by atoms with Gasteiger partial charge in [-0.2, -0.15) is 15.4 Å². The number of aliphatic carboxylic acids is 1. The highest BCUT2D eigenvalue weighted by atomic mass is 16.4. The Kier molecular flexibility index (Phi) is 6.04. The quantitative estimate of drug-likeness (QED) is 0.463. The number of aromatic nitrogens is 3. The van der Waals surface area contributed by atoms with Gasteiger partial charge in [-0.15, -0.1) is 0 Å². The lowest BCUT2D eigenvalue weighted by Crippen LogP contribution is -2.46. The lowest BCUT2D eigenvalue weighted by molar-refractivity contribution is -0.157. The van der Waals surface area contributed by atoms with Crippen LogP contribution in [0.1, 0.15) is 29.4 Å². The SMILES string of the molecule is CC(O)(CC(Cc1ccc(-c2ccccc2)cc1)NC(=O)c1cn[nH]n1)C(=O)O. The van der Waals surface area contributed by atoms with Crippen molar-refractivity contribution >= 4 is 11.9 Å². The Bertz CT molecular complexity index is 954. The molecule has 2 unspecified atom stereocenters. The zero-order chi connectivity index (χ0) is 20.9. The molecule has 2 atom stereocenters. The highest BCUT2D eigenvalue weighted by Gasteiger charge is 2.34. The minimum absolute atomic E-state index is 0.0874. The predicted molar refractivity (Wildman–Crippen MR) is 106 cm³/mol. The van der Waals surface area contributed by atoms with E-state index in [1.165, 1.54) is 13.1 Å². The van der Waals surface area contributed by atoms with Crippen molar-refractivity contribution in [3.05, 3.63) is 72.1 Å². The summed E-state index contributed by atoms with van der Waals surface area (Å²) in [5.74, 6) is -1.84. The molecule has 0 radical (unpaired) electrons. The van der Waals surface area contributed by atoms with Crippen LogP contribution in [0.25, 0.3) is 11.1 Å². The van der Waals surface area contributed by atoms with Gasteiger partial charge in [-0.25, -0.2) is 4.79 Å². The maximum absolute atomic E-state index is 12.3.